The molecule has 0 spiro atoms. The molecule has 1 fully saturated rings. The Balaban J connectivity index is 1.90. The van der Waals surface area contributed by atoms with Crippen molar-refractivity contribution >= 4 is 5.91 Å². The van der Waals surface area contributed by atoms with E-state index in [0.717, 1.165) is 25.8 Å². The topological polar surface area (TPSA) is 46.3 Å². The summed E-state index contributed by atoms with van der Waals surface area (Å²) in [5.74, 6) is 0.859. The van der Waals surface area contributed by atoms with Gasteiger partial charge in [0.15, 0.2) is 0 Å². The van der Waals surface area contributed by atoms with Crippen LogP contribution in [-0.4, -0.2) is 29.9 Å². The van der Waals surface area contributed by atoms with Crippen molar-refractivity contribution in [2.75, 3.05) is 13.1 Å². The van der Waals surface area contributed by atoms with Gasteiger partial charge in [-0.1, -0.05) is 30.3 Å². The van der Waals surface area contributed by atoms with Crippen LogP contribution in [0.1, 0.15) is 31.7 Å². The first-order valence-electron chi connectivity index (χ1n) is 7.26. The summed E-state index contributed by atoms with van der Waals surface area (Å²) < 4.78 is 0. The first-order valence-corrected chi connectivity index (χ1v) is 7.26. The molecule has 2 rings (SSSR count). The van der Waals surface area contributed by atoms with E-state index < -0.39 is 0 Å². The molecule has 19 heavy (non-hydrogen) atoms. The van der Waals surface area contributed by atoms with Crippen molar-refractivity contribution in [3.63, 3.8) is 0 Å². The van der Waals surface area contributed by atoms with Crippen molar-refractivity contribution in [3.8, 4) is 0 Å². The number of amides is 1. The summed E-state index contributed by atoms with van der Waals surface area (Å²) >= 11 is 0. The molecule has 1 heterocycles. The van der Waals surface area contributed by atoms with Crippen LogP contribution >= 0.6 is 0 Å². The lowest BCUT2D eigenvalue weighted by atomic mass is 9.93. The predicted octanol–water partition coefficient (Wildman–Crippen LogP) is 2.21. The highest BCUT2D eigenvalue weighted by atomic mass is 16.2. The summed E-state index contributed by atoms with van der Waals surface area (Å²) in [5.41, 5.74) is 6.84. The second-order valence-corrected chi connectivity index (χ2v) is 5.46. The van der Waals surface area contributed by atoms with Crippen molar-refractivity contribution in [2.45, 2.75) is 38.6 Å². The largest absolute Gasteiger partial charge is 0.340 e. The molecule has 1 aliphatic heterocycles. The maximum atomic E-state index is 12.1. The van der Waals surface area contributed by atoms with Crippen molar-refractivity contribution in [2.24, 2.45) is 11.7 Å². The summed E-state index contributed by atoms with van der Waals surface area (Å²) in [6.45, 7) is 3.68. The van der Waals surface area contributed by atoms with E-state index in [0.29, 0.717) is 24.9 Å². The fourth-order valence-electron chi connectivity index (χ4n) is 2.94. The fourth-order valence-corrected chi connectivity index (χ4v) is 2.94. The smallest absolute Gasteiger partial charge is 0.222 e. The van der Waals surface area contributed by atoms with E-state index in [1.807, 2.05) is 11.0 Å². The number of hydrogen-bond donors (Lipinski definition) is 1. The van der Waals surface area contributed by atoms with Gasteiger partial charge in [-0.25, -0.2) is 0 Å². The van der Waals surface area contributed by atoms with Crippen LogP contribution in [0.3, 0.4) is 0 Å². The maximum absolute atomic E-state index is 12.1. The Bertz CT molecular complexity index is 404. The van der Waals surface area contributed by atoms with Gasteiger partial charge in [0.2, 0.25) is 5.91 Å². The Kier molecular flexibility index (Phi) is 4.97. The van der Waals surface area contributed by atoms with Crippen LogP contribution < -0.4 is 5.73 Å². The van der Waals surface area contributed by atoms with Gasteiger partial charge >= 0.3 is 0 Å². The summed E-state index contributed by atoms with van der Waals surface area (Å²) in [6, 6.07) is 10.9. The molecule has 0 bridgehead atoms. The standard InChI is InChI=1S/C16H24N2O/c1-13-15(12-14-6-3-2-4-7-14)9-11-18(13)16(19)8-5-10-17/h2-4,6-7,13,15H,5,8-12,17H2,1H3/t13-,15-/m1/s1. The van der Waals surface area contributed by atoms with Gasteiger partial charge in [0.25, 0.3) is 0 Å². The number of nitrogens with zero attached hydrogens (tertiary/aromatic N) is 1. The maximum Gasteiger partial charge on any atom is 0.222 e. The SMILES string of the molecule is C[C@@H]1[C@@H](Cc2ccccc2)CCN1C(=O)CCCN. The zero-order valence-electron chi connectivity index (χ0n) is 11.7. The quantitative estimate of drug-likeness (QED) is 0.882. The van der Waals surface area contributed by atoms with E-state index in [1.54, 1.807) is 0 Å². The molecular weight excluding hydrogens is 236 g/mol. The molecule has 104 valence electrons. The summed E-state index contributed by atoms with van der Waals surface area (Å²) in [6.07, 6.45) is 3.58. The van der Waals surface area contributed by atoms with Crippen LogP contribution in [-0.2, 0) is 11.2 Å². The number of carbonyl (C=O) groups is 1. The Morgan fingerprint density at radius 3 is 2.79 bits per heavy atom. The molecule has 1 aromatic rings. The van der Waals surface area contributed by atoms with Crippen LogP contribution in [0.4, 0.5) is 0 Å². The molecule has 3 heteroatoms. The van der Waals surface area contributed by atoms with Gasteiger partial charge in [-0.05, 0) is 44.2 Å². The number of hydrogen-bond acceptors (Lipinski definition) is 2. The van der Waals surface area contributed by atoms with Crippen molar-refractivity contribution in [1.82, 2.24) is 4.90 Å². The Morgan fingerprint density at radius 2 is 2.11 bits per heavy atom. The second-order valence-electron chi connectivity index (χ2n) is 5.46. The molecule has 1 amide bonds. The Morgan fingerprint density at radius 1 is 1.37 bits per heavy atom. The molecule has 3 nitrogen and oxygen atoms in total. The van der Waals surface area contributed by atoms with E-state index in [9.17, 15) is 4.79 Å². The third-order valence-electron chi connectivity index (χ3n) is 4.17. The van der Waals surface area contributed by atoms with Crippen LogP contribution in [0.15, 0.2) is 30.3 Å². The molecule has 1 aromatic carbocycles. The Labute approximate surface area is 115 Å². The monoisotopic (exact) mass is 260 g/mol. The van der Waals surface area contributed by atoms with Gasteiger partial charge in [0.1, 0.15) is 0 Å². The average Bonchev–Trinajstić information content (AvgIpc) is 2.79. The third kappa shape index (κ3) is 3.57. The van der Waals surface area contributed by atoms with Gasteiger partial charge in [-0.2, -0.15) is 0 Å². The van der Waals surface area contributed by atoms with E-state index >= 15 is 0 Å². The first-order chi connectivity index (χ1) is 9.22. The Hall–Kier alpha value is -1.35. The van der Waals surface area contributed by atoms with Crippen LogP contribution in [0.2, 0.25) is 0 Å². The lowest BCUT2D eigenvalue weighted by Crippen LogP contribution is -2.36. The zero-order valence-corrected chi connectivity index (χ0v) is 11.7. The van der Waals surface area contributed by atoms with Gasteiger partial charge in [-0.3, -0.25) is 4.79 Å². The number of nitrogens with two attached hydrogens (primary N) is 1. The average molecular weight is 260 g/mol. The van der Waals surface area contributed by atoms with Gasteiger partial charge < -0.3 is 10.6 Å². The second kappa shape index (κ2) is 6.71. The lowest BCUT2D eigenvalue weighted by molar-refractivity contribution is -0.132. The number of carbonyl (C=O) groups excluding carboxylic acids is 1. The van der Waals surface area contributed by atoms with Crippen LogP contribution in [0.5, 0.6) is 0 Å². The highest BCUT2D eigenvalue weighted by Gasteiger charge is 2.33. The minimum absolute atomic E-state index is 0.272. The molecule has 2 N–H and O–H groups in total. The summed E-state index contributed by atoms with van der Waals surface area (Å²) in [5, 5.41) is 0. The van der Waals surface area contributed by atoms with Crippen molar-refractivity contribution in [3.05, 3.63) is 35.9 Å². The summed E-state index contributed by atoms with van der Waals surface area (Å²) in [7, 11) is 0. The van der Waals surface area contributed by atoms with Crippen LogP contribution in [0.25, 0.3) is 0 Å². The van der Waals surface area contributed by atoms with E-state index in [2.05, 4.69) is 31.2 Å². The highest BCUT2D eigenvalue weighted by Crippen LogP contribution is 2.28. The van der Waals surface area contributed by atoms with Gasteiger partial charge in [0.05, 0.1) is 0 Å². The van der Waals surface area contributed by atoms with E-state index in [4.69, 9.17) is 5.73 Å². The summed E-state index contributed by atoms with van der Waals surface area (Å²) in [4.78, 5) is 14.1. The molecule has 0 saturated carbocycles. The lowest BCUT2D eigenvalue weighted by Gasteiger charge is -2.25. The highest BCUT2D eigenvalue weighted by molar-refractivity contribution is 5.76. The first kappa shape index (κ1) is 14.1. The molecule has 2 atom stereocenters. The zero-order chi connectivity index (χ0) is 13.7. The number of benzene rings is 1. The molecule has 1 saturated heterocycles. The van der Waals surface area contributed by atoms with Gasteiger partial charge in [-0.15, -0.1) is 0 Å². The molecule has 0 unspecified atom stereocenters. The van der Waals surface area contributed by atoms with Crippen molar-refractivity contribution < 1.29 is 4.79 Å². The van der Waals surface area contributed by atoms with Crippen molar-refractivity contribution in [1.29, 1.82) is 0 Å². The number of rotatable bonds is 5. The fraction of sp³-hybridized carbons (Fsp3) is 0.562. The minimum atomic E-state index is 0.272. The molecule has 0 aliphatic carbocycles. The molecule has 0 aromatic heterocycles. The molecular formula is C16H24N2O. The minimum Gasteiger partial charge on any atom is -0.340 e. The van der Waals surface area contributed by atoms with E-state index in [-0.39, 0.29) is 5.91 Å². The third-order valence-corrected chi connectivity index (χ3v) is 4.17. The van der Waals surface area contributed by atoms with Crippen LogP contribution in [0, 0.1) is 5.92 Å². The predicted molar refractivity (Wildman–Crippen MR) is 77.7 cm³/mol. The van der Waals surface area contributed by atoms with E-state index in [1.165, 1.54) is 5.56 Å². The molecule has 1 aliphatic rings. The van der Waals surface area contributed by atoms with Gasteiger partial charge in [0, 0.05) is 19.0 Å². The molecule has 0 radical (unpaired) electrons. The number of likely N-dealkylation sites (tertiary alicyclic amines) is 1. The normalized spacial score (nSPS) is 22.7.